The topological polar surface area (TPSA) is 94.7 Å². The Balaban J connectivity index is 1.70. The van der Waals surface area contributed by atoms with Crippen LogP contribution in [0.15, 0.2) is 29.3 Å². The average molecular weight is 393 g/mol. The molecule has 2 aromatic heterocycles. The van der Waals surface area contributed by atoms with Crippen LogP contribution < -0.4 is 5.73 Å². The standard InChI is InChI=1S/C17H25BrN6/c1-13-9-14(18)10-22-16(13)6-2-3-7-24(17(19)20)8-4-5-15-11-21-12-23-15/h9-12H,2-8H2,1H3,(H3,19,20)(H,21,23). The van der Waals surface area contributed by atoms with E-state index in [-0.39, 0.29) is 5.96 Å². The second-order valence-electron chi connectivity index (χ2n) is 5.91. The molecule has 0 fully saturated rings. The minimum atomic E-state index is 0.148. The Morgan fingerprint density at radius 3 is 2.71 bits per heavy atom. The molecule has 0 radical (unpaired) electrons. The molecule has 0 bridgehead atoms. The lowest BCUT2D eigenvalue weighted by atomic mass is 10.1. The molecule has 7 heteroatoms. The molecule has 0 saturated heterocycles. The maximum atomic E-state index is 7.73. The minimum Gasteiger partial charge on any atom is -0.370 e. The SMILES string of the molecule is Cc1cc(Br)cnc1CCCCN(CCCc1c[nH]cn1)C(=N)N. The van der Waals surface area contributed by atoms with Crippen molar-refractivity contribution in [2.45, 2.75) is 39.0 Å². The third-order valence-electron chi connectivity index (χ3n) is 4.00. The van der Waals surface area contributed by atoms with Crippen LogP contribution in [0, 0.1) is 12.3 Å². The summed E-state index contributed by atoms with van der Waals surface area (Å²) in [7, 11) is 0. The van der Waals surface area contributed by atoms with Crippen LogP contribution in [0.4, 0.5) is 0 Å². The predicted molar refractivity (Wildman–Crippen MR) is 100 cm³/mol. The van der Waals surface area contributed by atoms with Crippen molar-refractivity contribution < 1.29 is 0 Å². The number of pyridine rings is 1. The number of nitrogens with zero attached hydrogens (tertiary/aromatic N) is 3. The Morgan fingerprint density at radius 2 is 2.04 bits per heavy atom. The van der Waals surface area contributed by atoms with Crippen LogP contribution in [0.3, 0.4) is 0 Å². The van der Waals surface area contributed by atoms with E-state index < -0.39 is 0 Å². The quantitative estimate of drug-likeness (QED) is 0.347. The van der Waals surface area contributed by atoms with Gasteiger partial charge in [-0.15, -0.1) is 0 Å². The third-order valence-corrected chi connectivity index (χ3v) is 4.44. The molecule has 130 valence electrons. The van der Waals surface area contributed by atoms with Crippen LogP contribution in [-0.4, -0.2) is 38.9 Å². The predicted octanol–water partition coefficient (Wildman–Crippen LogP) is 3.03. The summed E-state index contributed by atoms with van der Waals surface area (Å²) in [6.07, 6.45) is 10.3. The largest absolute Gasteiger partial charge is 0.370 e. The van der Waals surface area contributed by atoms with E-state index in [1.165, 1.54) is 5.56 Å². The highest BCUT2D eigenvalue weighted by molar-refractivity contribution is 9.10. The molecule has 4 N–H and O–H groups in total. The maximum absolute atomic E-state index is 7.73. The molecule has 6 nitrogen and oxygen atoms in total. The summed E-state index contributed by atoms with van der Waals surface area (Å²) >= 11 is 3.44. The summed E-state index contributed by atoms with van der Waals surface area (Å²) in [5, 5.41) is 7.73. The minimum absolute atomic E-state index is 0.148. The van der Waals surface area contributed by atoms with Gasteiger partial charge in [-0.3, -0.25) is 10.4 Å². The number of aryl methyl sites for hydroxylation is 3. The summed E-state index contributed by atoms with van der Waals surface area (Å²) < 4.78 is 1.02. The van der Waals surface area contributed by atoms with Crippen LogP contribution >= 0.6 is 15.9 Å². The van der Waals surface area contributed by atoms with Crippen LogP contribution in [0.25, 0.3) is 0 Å². The van der Waals surface area contributed by atoms with E-state index in [1.54, 1.807) is 6.33 Å². The van der Waals surface area contributed by atoms with Gasteiger partial charge in [0, 0.05) is 35.6 Å². The van der Waals surface area contributed by atoms with Crippen molar-refractivity contribution in [3.05, 3.63) is 46.2 Å². The lowest BCUT2D eigenvalue weighted by molar-refractivity contribution is 0.390. The van der Waals surface area contributed by atoms with Crippen molar-refractivity contribution in [3.8, 4) is 0 Å². The molecule has 0 spiro atoms. The number of halogens is 1. The van der Waals surface area contributed by atoms with E-state index in [4.69, 9.17) is 11.1 Å². The van der Waals surface area contributed by atoms with E-state index in [9.17, 15) is 0 Å². The van der Waals surface area contributed by atoms with Crippen LogP contribution in [0.2, 0.25) is 0 Å². The lowest BCUT2D eigenvalue weighted by Crippen LogP contribution is -2.38. The zero-order valence-electron chi connectivity index (χ0n) is 14.1. The van der Waals surface area contributed by atoms with Gasteiger partial charge in [0.25, 0.3) is 0 Å². The summed E-state index contributed by atoms with van der Waals surface area (Å²) in [6, 6.07) is 2.10. The number of hydrogen-bond donors (Lipinski definition) is 3. The molecule has 2 heterocycles. The van der Waals surface area contributed by atoms with Gasteiger partial charge in [0.1, 0.15) is 0 Å². The van der Waals surface area contributed by atoms with Crippen LogP contribution in [0.5, 0.6) is 0 Å². The second-order valence-corrected chi connectivity index (χ2v) is 6.83. The Kier molecular flexibility index (Phi) is 7.24. The zero-order valence-corrected chi connectivity index (χ0v) is 15.6. The van der Waals surface area contributed by atoms with Crippen molar-refractivity contribution in [1.82, 2.24) is 19.9 Å². The smallest absolute Gasteiger partial charge is 0.188 e. The first-order chi connectivity index (χ1) is 11.6. The van der Waals surface area contributed by atoms with Crippen molar-refractivity contribution >= 4 is 21.9 Å². The monoisotopic (exact) mass is 392 g/mol. The van der Waals surface area contributed by atoms with Gasteiger partial charge in [-0.2, -0.15) is 0 Å². The number of aromatic amines is 1. The molecule has 0 amide bonds. The maximum Gasteiger partial charge on any atom is 0.188 e. The number of rotatable bonds is 9. The van der Waals surface area contributed by atoms with Gasteiger partial charge in [-0.25, -0.2) is 4.98 Å². The fourth-order valence-corrected chi connectivity index (χ4v) is 3.10. The zero-order chi connectivity index (χ0) is 17.4. The first kappa shape index (κ1) is 18.4. The van der Waals surface area contributed by atoms with Crippen LogP contribution in [-0.2, 0) is 12.8 Å². The molecule has 0 aliphatic heterocycles. The van der Waals surface area contributed by atoms with Crippen molar-refractivity contribution in [1.29, 1.82) is 5.41 Å². The van der Waals surface area contributed by atoms with E-state index in [0.29, 0.717) is 0 Å². The number of nitrogens with one attached hydrogen (secondary N) is 2. The Labute approximate surface area is 151 Å². The number of unbranched alkanes of at least 4 members (excludes halogenated alkanes) is 1. The van der Waals surface area contributed by atoms with Gasteiger partial charge in [0.15, 0.2) is 5.96 Å². The molecule has 0 atom stereocenters. The summed E-state index contributed by atoms with van der Waals surface area (Å²) in [5.41, 5.74) is 9.11. The number of aromatic nitrogens is 3. The van der Waals surface area contributed by atoms with Gasteiger partial charge in [-0.1, -0.05) is 0 Å². The van der Waals surface area contributed by atoms with Gasteiger partial charge in [-0.05, 0) is 66.6 Å². The normalized spacial score (nSPS) is 10.8. The van der Waals surface area contributed by atoms with E-state index in [0.717, 1.165) is 61.1 Å². The Morgan fingerprint density at radius 1 is 1.25 bits per heavy atom. The molecule has 0 aliphatic rings. The summed E-state index contributed by atoms with van der Waals surface area (Å²) in [4.78, 5) is 13.6. The first-order valence-electron chi connectivity index (χ1n) is 8.24. The van der Waals surface area contributed by atoms with Crippen molar-refractivity contribution in [3.63, 3.8) is 0 Å². The van der Waals surface area contributed by atoms with E-state index in [1.807, 2.05) is 17.3 Å². The average Bonchev–Trinajstić information content (AvgIpc) is 3.04. The number of nitrogens with two attached hydrogens (primary N) is 1. The molecule has 24 heavy (non-hydrogen) atoms. The Hall–Kier alpha value is -1.89. The van der Waals surface area contributed by atoms with E-state index in [2.05, 4.69) is 43.9 Å². The highest BCUT2D eigenvalue weighted by Crippen LogP contribution is 2.15. The summed E-state index contributed by atoms with van der Waals surface area (Å²) in [5.74, 6) is 0.148. The van der Waals surface area contributed by atoms with Gasteiger partial charge < -0.3 is 15.6 Å². The fraction of sp³-hybridized carbons (Fsp3) is 0.471. The fourth-order valence-electron chi connectivity index (χ4n) is 2.66. The molecule has 0 aromatic carbocycles. The number of imidazole rings is 1. The molecule has 0 saturated carbocycles. The summed E-state index contributed by atoms with van der Waals surface area (Å²) in [6.45, 7) is 3.69. The third kappa shape index (κ3) is 5.96. The molecule has 0 unspecified atom stereocenters. The van der Waals surface area contributed by atoms with Crippen molar-refractivity contribution in [2.24, 2.45) is 5.73 Å². The Bertz CT molecular complexity index is 641. The molecule has 0 aliphatic carbocycles. The molecule has 2 rings (SSSR count). The molecule has 2 aromatic rings. The molecular weight excluding hydrogens is 368 g/mol. The second kappa shape index (κ2) is 9.42. The van der Waals surface area contributed by atoms with Gasteiger partial charge in [0.2, 0.25) is 0 Å². The number of hydrogen-bond acceptors (Lipinski definition) is 3. The van der Waals surface area contributed by atoms with E-state index >= 15 is 0 Å². The van der Waals surface area contributed by atoms with Crippen LogP contribution in [0.1, 0.15) is 36.2 Å². The lowest BCUT2D eigenvalue weighted by Gasteiger charge is -2.22. The number of H-pyrrole nitrogens is 1. The number of guanidine groups is 1. The molecular formula is C17H25BrN6. The highest BCUT2D eigenvalue weighted by atomic mass is 79.9. The first-order valence-corrected chi connectivity index (χ1v) is 9.03. The van der Waals surface area contributed by atoms with Gasteiger partial charge in [0.05, 0.1) is 12.0 Å². The highest BCUT2D eigenvalue weighted by Gasteiger charge is 2.07. The van der Waals surface area contributed by atoms with Crippen molar-refractivity contribution in [2.75, 3.05) is 13.1 Å². The van der Waals surface area contributed by atoms with Gasteiger partial charge >= 0.3 is 0 Å².